The molecule has 0 unspecified atom stereocenters. The molecule has 1 nitrogen and oxygen atoms in total. The van der Waals surface area contributed by atoms with Gasteiger partial charge in [-0.15, -0.1) is 0 Å². The summed E-state index contributed by atoms with van der Waals surface area (Å²) in [6.07, 6.45) is 2.00. The van der Waals surface area contributed by atoms with Crippen LogP contribution in [0.25, 0.3) is 0 Å². The Balaban J connectivity index is 0. The molecule has 0 N–H and O–H groups in total. The summed E-state index contributed by atoms with van der Waals surface area (Å²) in [6.45, 7) is 4.00. The second-order valence-electron chi connectivity index (χ2n) is 0.577. The first-order valence-corrected chi connectivity index (χ1v) is 3.09. The van der Waals surface area contributed by atoms with E-state index in [0.29, 0.717) is 0 Å². The van der Waals surface area contributed by atoms with Gasteiger partial charge in [0.05, 0.1) is 0 Å². The molecule has 0 aliphatic rings. The van der Waals surface area contributed by atoms with Gasteiger partial charge in [0.1, 0.15) is 0 Å². The molecule has 0 saturated carbocycles. The summed E-state index contributed by atoms with van der Waals surface area (Å²) in [5, 5.41) is 0. The fourth-order valence-electron chi connectivity index (χ4n) is 0. The van der Waals surface area contributed by atoms with Crippen molar-refractivity contribution in [2.24, 2.45) is 0 Å². The number of rotatable bonds is 0. The summed E-state index contributed by atoms with van der Waals surface area (Å²) < 4.78 is 8.42. The van der Waals surface area contributed by atoms with Gasteiger partial charge in [0.2, 0.25) is 0 Å². The standard InChI is InChI=1S/C3H7.In.O.H/c1-3-2;;;/h3H,1-2H3;;;. The summed E-state index contributed by atoms with van der Waals surface area (Å²) >= 11 is -0.1000. The third-order valence-electron chi connectivity index (χ3n) is 0. The molecule has 0 aromatic carbocycles. The van der Waals surface area contributed by atoms with Gasteiger partial charge >= 0.3 is 27.2 Å². The minimum absolute atomic E-state index is 0.1000. The van der Waals surface area contributed by atoms with Gasteiger partial charge in [-0.25, -0.2) is 0 Å². The summed E-state index contributed by atoms with van der Waals surface area (Å²) in [7, 11) is 0. The van der Waals surface area contributed by atoms with Crippen LogP contribution >= 0.6 is 0 Å². The Hall–Kier alpha value is 0.670. The molecule has 0 saturated heterocycles. The molecule has 0 rings (SSSR count). The molecule has 0 amide bonds. The fraction of sp³-hybridized carbons (Fsp3) is 0.667. The Morgan fingerprint density at radius 2 is 1.40 bits per heavy atom. The normalized spacial score (nSPS) is 4.20. The third kappa shape index (κ3) is 74.1. The maximum atomic E-state index is 8.42. The first-order valence-electron chi connectivity index (χ1n) is 1.44. The van der Waals surface area contributed by atoms with E-state index in [2.05, 4.69) is 0 Å². The fourth-order valence-corrected chi connectivity index (χ4v) is 0. The summed E-state index contributed by atoms with van der Waals surface area (Å²) in [4.78, 5) is 0. The van der Waals surface area contributed by atoms with E-state index in [0.717, 1.165) is 0 Å². The summed E-state index contributed by atoms with van der Waals surface area (Å²) in [6, 6.07) is 0. The number of hydrogen-bond acceptors (Lipinski definition) is 1. The van der Waals surface area contributed by atoms with Crippen LogP contribution in [0, 0.1) is 6.42 Å². The van der Waals surface area contributed by atoms with Gasteiger partial charge in [0.25, 0.3) is 0 Å². The zero-order chi connectivity index (χ0) is 4.71. The van der Waals surface area contributed by atoms with Crippen molar-refractivity contribution in [3.63, 3.8) is 0 Å². The molecule has 0 aliphatic carbocycles. The Labute approximate surface area is 47.8 Å². The van der Waals surface area contributed by atoms with E-state index in [9.17, 15) is 0 Å². The van der Waals surface area contributed by atoms with Crippen LogP contribution in [-0.4, -0.2) is 24.4 Å². The van der Waals surface area contributed by atoms with Crippen LogP contribution in [0.3, 0.4) is 0 Å². The van der Waals surface area contributed by atoms with Gasteiger partial charge in [-0.3, -0.25) is 0 Å². The van der Waals surface area contributed by atoms with Crippen molar-refractivity contribution in [2.75, 3.05) is 0 Å². The first kappa shape index (κ1) is 9.18. The van der Waals surface area contributed by atoms with E-state index >= 15 is 0 Å². The molecular weight excluding hydrogens is 167 g/mol. The molecule has 0 atom stereocenters. The summed E-state index contributed by atoms with van der Waals surface area (Å²) in [5.41, 5.74) is 0. The predicted octanol–water partition coefficient (Wildman–Crippen LogP) is 0.463. The molecule has 0 aromatic heterocycles. The SMILES string of the molecule is C[CH]C.[O]=[InH]. The van der Waals surface area contributed by atoms with E-state index in [4.69, 9.17) is 2.85 Å². The molecule has 0 fully saturated rings. The Morgan fingerprint density at radius 1 is 1.40 bits per heavy atom. The van der Waals surface area contributed by atoms with Crippen LogP contribution in [-0.2, 0) is 2.85 Å². The van der Waals surface area contributed by atoms with Crippen molar-refractivity contribution in [1.82, 2.24) is 0 Å². The van der Waals surface area contributed by atoms with Gasteiger partial charge in [-0.05, 0) is 6.42 Å². The van der Waals surface area contributed by atoms with Crippen molar-refractivity contribution in [2.45, 2.75) is 13.8 Å². The van der Waals surface area contributed by atoms with E-state index in [1.54, 1.807) is 0 Å². The monoisotopic (exact) mass is 175 g/mol. The molecular formula is C3H8InO. The molecule has 0 aliphatic heterocycles. The molecule has 5 heavy (non-hydrogen) atoms. The zero-order valence-corrected chi connectivity index (χ0v) is 7.73. The van der Waals surface area contributed by atoms with Crippen LogP contribution in [0.4, 0.5) is 0 Å². The van der Waals surface area contributed by atoms with Crippen LogP contribution < -0.4 is 0 Å². The third-order valence-corrected chi connectivity index (χ3v) is 0. The minimum atomic E-state index is -0.1000. The van der Waals surface area contributed by atoms with Crippen molar-refractivity contribution < 1.29 is 2.85 Å². The van der Waals surface area contributed by atoms with Crippen LogP contribution in [0.15, 0.2) is 0 Å². The van der Waals surface area contributed by atoms with Crippen molar-refractivity contribution in [3.05, 3.63) is 6.42 Å². The molecule has 0 bridgehead atoms. The number of hydrogen-bond donors (Lipinski definition) is 0. The van der Waals surface area contributed by atoms with Gasteiger partial charge < -0.3 is 0 Å². The van der Waals surface area contributed by atoms with Crippen molar-refractivity contribution >= 4 is 24.4 Å². The van der Waals surface area contributed by atoms with E-state index in [1.165, 1.54) is 0 Å². The predicted molar refractivity (Wildman–Crippen MR) is 23.5 cm³/mol. The van der Waals surface area contributed by atoms with Crippen LogP contribution in [0.2, 0.25) is 0 Å². The van der Waals surface area contributed by atoms with Gasteiger partial charge in [-0.1, -0.05) is 13.8 Å². The van der Waals surface area contributed by atoms with E-state index in [1.807, 2.05) is 20.3 Å². The zero-order valence-electron chi connectivity index (χ0n) is 3.69. The average Bonchev–Trinajstić information content (AvgIpc) is 1.46. The second-order valence-corrected chi connectivity index (χ2v) is 0.577. The summed E-state index contributed by atoms with van der Waals surface area (Å²) in [5.74, 6) is 0. The molecule has 0 aromatic rings. The Bertz CT molecular complexity index is 10.9. The quantitative estimate of drug-likeness (QED) is 0.522. The molecule has 0 heterocycles. The van der Waals surface area contributed by atoms with Gasteiger partial charge in [0.15, 0.2) is 0 Å². The van der Waals surface area contributed by atoms with E-state index < -0.39 is 0 Å². The van der Waals surface area contributed by atoms with E-state index in [-0.39, 0.29) is 24.4 Å². The van der Waals surface area contributed by atoms with Crippen LogP contribution in [0.1, 0.15) is 13.8 Å². The van der Waals surface area contributed by atoms with Crippen LogP contribution in [0.5, 0.6) is 0 Å². The molecule has 0 spiro atoms. The van der Waals surface area contributed by atoms with Crippen molar-refractivity contribution in [3.8, 4) is 0 Å². The van der Waals surface area contributed by atoms with Gasteiger partial charge in [-0.2, -0.15) is 0 Å². The van der Waals surface area contributed by atoms with Crippen molar-refractivity contribution in [1.29, 1.82) is 0 Å². The Morgan fingerprint density at radius 3 is 1.40 bits per heavy atom. The molecule has 1 radical (unpaired) electrons. The first-order chi connectivity index (χ1) is 2.41. The topological polar surface area (TPSA) is 17.1 Å². The maximum absolute atomic E-state index is 8.42. The van der Waals surface area contributed by atoms with Gasteiger partial charge in [0, 0.05) is 0 Å². The second kappa shape index (κ2) is 22.6. The Kier molecular flexibility index (Phi) is 41.4. The average molecular weight is 175 g/mol. The molecule has 29 valence electrons. The molecule has 2 heteroatoms.